The Hall–Kier alpha value is -0.820. The third-order valence-electron chi connectivity index (χ3n) is 3.79. The zero-order valence-corrected chi connectivity index (χ0v) is 13.2. The Morgan fingerprint density at radius 1 is 0.947 bits per heavy atom. The van der Waals surface area contributed by atoms with Gasteiger partial charge in [0, 0.05) is 12.6 Å². The highest BCUT2D eigenvalue weighted by Crippen LogP contribution is 2.14. The molecule has 0 saturated heterocycles. The van der Waals surface area contributed by atoms with Gasteiger partial charge in [0.15, 0.2) is 0 Å². The first-order chi connectivity index (χ1) is 9.13. The minimum atomic E-state index is 0.625. The van der Waals surface area contributed by atoms with Crippen LogP contribution in [0, 0.1) is 0 Å². The van der Waals surface area contributed by atoms with E-state index in [1.807, 2.05) is 0 Å². The van der Waals surface area contributed by atoms with Crippen molar-refractivity contribution in [3.8, 4) is 0 Å². The van der Waals surface area contributed by atoms with Gasteiger partial charge in [-0.2, -0.15) is 0 Å². The summed E-state index contributed by atoms with van der Waals surface area (Å²) in [4.78, 5) is 0. The molecule has 0 spiro atoms. The second kappa shape index (κ2) is 9.14. The Morgan fingerprint density at radius 2 is 1.63 bits per heavy atom. The summed E-state index contributed by atoms with van der Waals surface area (Å²) in [5.41, 5.74) is 2.82. The summed E-state index contributed by atoms with van der Waals surface area (Å²) in [6.45, 7) is 10.0. The van der Waals surface area contributed by atoms with Crippen LogP contribution in [0.5, 0.6) is 0 Å². The lowest BCUT2D eigenvalue weighted by Gasteiger charge is -2.14. The molecular formula is C18H31N. The molecule has 1 aromatic rings. The van der Waals surface area contributed by atoms with Crippen molar-refractivity contribution in [2.75, 3.05) is 0 Å². The lowest BCUT2D eigenvalue weighted by atomic mass is 10.0. The molecule has 1 nitrogen and oxygen atoms in total. The molecule has 0 saturated carbocycles. The molecule has 0 aromatic heterocycles. The average molecular weight is 261 g/mol. The summed E-state index contributed by atoms with van der Waals surface area (Å²) in [6.07, 6.45) is 6.73. The van der Waals surface area contributed by atoms with Crippen molar-refractivity contribution in [2.24, 2.45) is 0 Å². The summed E-state index contributed by atoms with van der Waals surface area (Å²) >= 11 is 0. The maximum Gasteiger partial charge on any atom is 0.0207 e. The topological polar surface area (TPSA) is 12.0 Å². The molecule has 0 aliphatic rings. The van der Waals surface area contributed by atoms with Gasteiger partial charge in [0.2, 0.25) is 0 Å². The van der Waals surface area contributed by atoms with Crippen molar-refractivity contribution in [3.63, 3.8) is 0 Å². The molecular weight excluding hydrogens is 230 g/mol. The summed E-state index contributed by atoms with van der Waals surface area (Å²) in [5, 5.41) is 3.62. The molecule has 0 aliphatic heterocycles. The predicted molar refractivity (Wildman–Crippen MR) is 85.6 cm³/mol. The second-order valence-corrected chi connectivity index (χ2v) is 6.03. The largest absolute Gasteiger partial charge is 0.310 e. The highest BCUT2D eigenvalue weighted by Gasteiger charge is 2.02. The number of rotatable bonds is 9. The van der Waals surface area contributed by atoms with Gasteiger partial charge in [-0.25, -0.2) is 0 Å². The zero-order chi connectivity index (χ0) is 14.1. The van der Waals surface area contributed by atoms with Gasteiger partial charge >= 0.3 is 0 Å². The van der Waals surface area contributed by atoms with E-state index in [2.05, 4.69) is 57.3 Å². The Kier molecular flexibility index (Phi) is 7.81. The molecule has 0 fully saturated rings. The van der Waals surface area contributed by atoms with Crippen LogP contribution < -0.4 is 5.32 Å². The van der Waals surface area contributed by atoms with Crippen LogP contribution in [0.25, 0.3) is 0 Å². The van der Waals surface area contributed by atoms with Gasteiger partial charge in [0.25, 0.3) is 0 Å². The van der Waals surface area contributed by atoms with Gasteiger partial charge in [0.1, 0.15) is 0 Å². The van der Waals surface area contributed by atoms with Gasteiger partial charge in [-0.3, -0.25) is 0 Å². The fraction of sp³-hybridized carbons (Fsp3) is 0.667. The molecule has 108 valence electrons. The fourth-order valence-electron chi connectivity index (χ4n) is 2.29. The van der Waals surface area contributed by atoms with Gasteiger partial charge in [-0.15, -0.1) is 0 Å². The van der Waals surface area contributed by atoms with Crippen LogP contribution in [-0.4, -0.2) is 6.04 Å². The number of unbranched alkanes of at least 4 members (excludes halogenated alkanes) is 3. The Labute approximate surface area is 119 Å². The van der Waals surface area contributed by atoms with Crippen molar-refractivity contribution < 1.29 is 0 Å². The molecule has 1 aromatic carbocycles. The zero-order valence-electron chi connectivity index (χ0n) is 13.2. The molecule has 0 aliphatic carbocycles. The van der Waals surface area contributed by atoms with E-state index in [1.54, 1.807) is 0 Å². The maximum atomic E-state index is 3.62. The molecule has 1 unspecified atom stereocenters. The number of nitrogens with one attached hydrogen (secondary N) is 1. The van der Waals surface area contributed by atoms with Crippen molar-refractivity contribution in [1.29, 1.82) is 0 Å². The first kappa shape index (κ1) is 16.2. The van der Waals surface area contributed by atoms with E-state index < -0.39 is 0 Å². The van der Waals surface area contributed by atoms with Crippen molar-refractivity contribution in [1.82, 2.24) is 5.32 Å². The van der Waals surface area contributed by atoms with Crippen LogP contribution in [0.2, 0.25) is 0 Å². The van der Waals surface area contributed by atoms with E-state index in [0.29, 0.717) is 12.0 Å². The SMILES string of the molecule is CCCCCCC(C)NCc1ccc(C(C)C)cc1. The molecule has 1 rings (SSSR count). The second-order valence-electron chi connectivity index (χ2n) is 6.03. The van der Waals surface area contributed by atoms with Gasteiger partial charge in [0.05, 0.1) is 0 Å². The lowest BCUT2D eigenvalue weighted by Crippen LogP contribution is -2.25. The monoisotopic (exact) mass is 261 g/mol. The average Bonchev–Trinajstić information content (AvgIpc) is 2.42. The predicted octanol–water partition coefficient (Wildman–Crippen LogP) is 5.26. The number of benzene rings is 1. The smallest absolute Gasteiger partial charge is 0.0207 e. The van der Waals surface area contributed by atoms with Crippen LogP contribution in [0.4, 0.5) is 0 Å². The summed E-state index contributed by atoms with van der Waals surface area (Å²) in [5.74, 6) is 0.625. The van der Waals surface area contributed by atoms with Crippen molar-refractivity contribution in [2.45, 2.75) is 78.3 Å². The Morgan fingerprint density at radius 3 is 2.21 bits per heavy atom. The fourth-order valence-corrected chi connectivity index (χ4v) is 2.29. The quantitative estimate of drug-likeness (QED) is 0.598. The third-order valence-corrected chi connectivity index (χ3v) is 3.79. The molecule has 1 heteroatoms. The van der Waals surface area contributed by atoms with Gasteiger partial charge < -0.3 is 5.32 Å². The van der Waals surface area contributed by atoms with Crippen molar-refractivity contribution in [3.05, 3.63) is 35.4 Å². The molecule has 19 heavy (non-hydrogen) atoms. The van der Waals surface area contributed by atoms with Crippen LogP contribution >= 0.6 is 0 Å². The van der Waals surface area contributed by atoms with E-state index in [-0.39, 0.29) is 0 Å². The van der Waals surface area contributed by atoms with E-state index in [4.69, 9.17) is 0 Å². The van der Waals surface area contributed by atoms with Crippen LogP contribution in [-0.2, 0) is 6.54 Å². The maximum absolute atomic E-state index is 3.62. The molecule has 0 heterocycles. The highest BCUT2D eigenvalue weighted by molar-refractivity contribution is 5.24. The first-order valence-electron chi connectivity index (χ1n) is 7.95. The van der Waals surface area contributed by atoms with E-state index in [1.165, 1.54) is 43.2 Å². The summed E-state index contributed by atoms with van der Waals surface area (Å²) in [6, 6.07) is 9.65. The summed E-state index contributed by atoms with van der Waals surface area (Å²) in [7, 11) is 0. The molecule has 0 amide bonds. The third kappa shape index (κ3) is 6.77. The molecule has 0 bridgehead atoms. The molecule has 0 radical (unpaired) electrons. The first-order valence-corrected chi connectivity index (χ1v) is 7.95. The normalized spacial score (nSPS) is 12.9. The minimum Gasteiger partial charge on any atom is -0.310 e. The van der Waals surface area contributed by atoms with E-state index >= 15 is 0 Å². The molecule has 1 N–H and O–H groups in total. The number of hydrogen-bond donors (Lipinski definition) is 1. The Balaban J connectivity index is 2.24. The number of hydrogen-bond acceptors (Lipinski definition) is 1. The van der Waals surface area contributed by atoms with Crippen LogP contribution in [0.3, 0.4) is 0 Å². The lowest BCUT2D eigenvalue weighted by molar-refractivity contribution is 0.482. The van der Waals surface area contributed by atoms with Crippen molar-refractivity contribution >= 4 is 0 Å². The minimum absolute atomic E-state index is 0.625. The van der Waals surface area contributed by atoms with Crippen LogP contribution in [0.15, 0.2) is 24.3 Å². The highest BCUT2D eigenvalue weighted by atomic mass is 14.9. The van der Waals surface area contributed by atoms with E-state index in [9.17, 15) is 0 Å². The van der Waals surface area contributed by atoms with E-state index in [0.717, 1.165) is 6.54 Å². The van der Waals surface area contributed by atoms with Crippen LogP contribution in [0.1, 0.15) is 76.8 Å². The van der Waals surface area contributed by atoms with Gasteiger partial charge in [-0.05, 0) is 30.4 Å². The Bertz CT molecular complexity index is 326. The standard InChI is InChI=1S/C18H31N/c1-5-6-7-8-9-16(4)19-14-17-10-12-18(13-11-17)15(2)3/h10-13,15-16,19H,5-9,14H2,1-4H3. The van der Waals surface area contributed by atoms with Gasteiger partial charge in [-0.1, -0.05) is 70.7 Å². The summed E-state index contributed by atoms with van der Waals surface area (Å²) < 4.78 is 0. The molecule has 1 atom stereocenters.